The Balaban J connectivity index is 1.64. The van der Waals surface area contributed by atoms with Crippen LogP contribution >= 0.6 is 0 Å². The Morgan fingerprint density at radius 3 is 2.31 bits per heavy atom. The quantitative estimate of drug-likeness (QED) is 0.231. The number of benzene rings is 4. The zero-order valence-electron chi connectivity index (χ0n) is 22.7. The van der Waals surface area contributed by atoms with E-state index in [2.05, 4.69) is 19.1 Å². The molecule has 39 heavy (non-hydrogen) atoms. The number of fused-ring (bicyclic) bond motifs is 1. The molecule has 0 aliphatic heterocycles. The largest absolute Gasteiger partial charge is 0.328 e. The standard InChI is InChI=1S/C34H33N3O2/c1-4-26-17-19-28(20-18-26)33(38)36(22-21-27-12-6-5-7-13-27)25(3)32-35-31-16-9-8-15-30(31)34(39)37(32)29-14-10-11-24(2)23-29/h5-20,23,25H,4,21-22H2,1-3H3. The van der Waals surface area contributed by atoms with Gasteiger partial charge in [0.15, 0.2) is 0 Å². The lowest BCUT2D eigenvalue weighted by Crippen LogP contribution is -2.38. The minimum atomic E-state index is -0.468. The van der Waals surface area contributed by atoms with Gasteiger partial charge in [0.25, 0.3) is 11.5 Å². The normalized spacial score (nSPS) is 11.9. The molecule has 5 heteroatoms. The molecule has 1 aromatic heterocycles. The Bertz CT molecular complexity index is 1660. The van der Waals surface area contributed by atoms with Crippen molar-refractivity contribution in [1.29, 1.82) is 0 Å². The second-order valence-corrected chi connectivity index (χ2v) is 9.93. The second kappa shape index (κ2) is 11.5. The van der Waals surface area contributed by atoms with Crippen LogP contribution < -0.4 is 5.56 Å². The van der Waals surface area contributed by atoms with Crippen LogP contribution in [0.25, 0.3) is 16.6 Å². The van der Waals surface area contributed by atoms with Crippen LogP contribution in [0, 0.1) is 6.92 Å². The maximum absolute atomic E-state index is 14.0. The van der Waals surface area contributed by atoms with Gasteiger partial charge in [0.05, 0.1) is 22.6 Å². The van der Waals surface area contributed by atoms with Gasteiger partial charge in [-0.1, -0.05) is 73.7 Å². The molecule has 1 unspecified atom stereocenters. The van der Waals surface area contributed by atoms with E-state index in [4.69, 9.17) is 4.98 Å². The first-order chi connectivity index (χ1) is 19.0. The Morgan fingerprint density at radius 1 is 0.872 bits per heavy atom. The topological polar surface area (TPSA) is 55.2 Å². The molecule has 5 aromatic rings. The van der Waals surface area contributed by atoms with Crippen LogP contribution in [0.3, 0.4) is 0 Å². The van der Waals surface area contributed by atoms with Gasteiger partial charge in [0, 0.05) is 12.1 Å². The first kappa shape index (κ1) is 26.1. The molecule has 0 bridgehead atoms. The number of amides is 1. The van der Waals surface area contributed by atoms with Crippen LogP contribution in [-0.2, 0) is 12.8 Å². The van der Waals surface area contributed by atoms with E-state index in [0.717, 1.165) is 23.2 Å². The third-order valence-electron chi connectivity index (χ3n) is 7.26. The Labute approximate surface area is 229 Å². The fraction of sp³-hybridized carbons (Fsp3) is 0.206. The highest BCUT2D eigenvalue weighted by atomic mass is 16.2. The number of aryl methyl sites for hydroxylation is 2. The average Bonchev–Trinajstić information content (AvgIpc) is 2.97. The monoisotopic (exact) mass is 515 g/mol. The molecule has 4 aromatic carbocycles. The van der Waals surface area contributed by atoms with Crippen molar-refractivity contribution in [3.63, 3.8) is 0 Å². The number of carbonyl (C=O) groups is 1. The Morgan fingerprint density at radius 2 is 1.59 bits per heavy atom. The van der Waals surface area contributed by atoms with Crippen LogP contribution in [0.2, 0.25) is 0 Å². The predicted octanol–water partition coefficient (Wildman–Crippen LogP) is 6.70. The molecule has 1 atom stereocenters. The molecule has 0 radical (unpaired) electrons. The van der Waals surface area contributed by atoms with Gasteiger partial charge in [-0.15, -0.1) is 0 Å². The molecule has 0 saturated heterocycles. The summed E-state index contributed by atoms with van der Waals surface area (Å²) in [5, 5.41) is 0.548. The highest BCUT2D eigenvalue weighted by Gasteiger charge is 2.27. The molecule has 0 aliphatic rings. The molecule has 5 rings (SSSR count). The number of hydrogen-bond acceptors (Lipinski definition) is 3. The fourth-order valence-electron chi connectivity index (χ4n) is 5.00. The molecular formula is C34H33N3O2. The van der Waals surface area contributed by atoms with E-state index < -0.39 is 6.04 Å². The number of carbonyl (C=O) groups excluding carboxylic acids is 1. The first-order valence-corrected chi connectivity index (χ1v) is 13.5. The zero-order valence-corrected chi connectivity index (χ0v) is 22.7. The third-order valence-corrected chi connectivity index (χ3v) is 7.26. The molecule has 0 saturated carbocycles. The summed E-state index contributed by atoms with van der Waals surface area (Å²) in [6.07, 6.45) is 1.60. The molecule has 0 aliphatic carbocycles. The average molecular weight is 516 g/mol. The summed E-state index contributed by atoms with van der Waals surface area (Å²) in [6, 6.07) is 32.7. The number of aromatic nitrogens is 2. The molecule has 1 amide bonds. The molecule has 0 N–H and O–H groups in total. The van der Waals surface area contributed by atoms with Gasteiger partial charge >= 0.3 is 0 Å². The molecular weight excluding hydrogens is 482 g/mol. The summed E-state index contributed by atoms with van der Waals surface area (Å²) in [6.45, 7) is 6.55. The maximum Gasteiger partial charge on any atom is 0.266 e. The van der Waals surface area contributed by atoms with E-state index in [9.17, 15) is 9.59 Å². The van der Waals surface area contributed by atoms with Gasteiger partial charge in [-0.3, -0.25) is 14.2 Å². The van der Waals surface area contributed by atoms with Crippen molar-refractivity contribution >= 4 is 16.8 Å². The van der Waals surface area contributed by atoms with Crippen molar-refractivity contribution in [3.8, 4) is 5.69 Å². The number of para-hydroxylation sites is 1. The van der Waals surface area contributed by atoms with Crippen molar-refractivity contribution in [2.75, 3.05) is 6.54 Å². The van der Waals surface area contributed by atoms with Crippen LogP contribution in [-0.4, -0.2) is 26.9 Å². The van der Waals surface area contributed by atoms with Crippen molar-refractivity contribution in [2.45, 2.75) is 39.7 Å². The highest BCUT2D eigenvalue weighted by Crippen LogP contribution is 2.25. The number of hydrogen-bond donors (Lipinski definition) is 0. The van der Waals surface area contributed by atoms with Crippen molar-refractivity contribution in [1.82, 2.24) is 14.5 Å². The van der Waals surface area contributed by atoms with E-state index in [-0.39, 0.29) is 11.5 Å². The predicted molar refractivity (Wildman–Crippen MR) is 157 cm³/mol. The zero-order chi connectivity index (χ0) is 27.4. The van der Waals surface area contributed by atoms with Crippen molar-refractivity contribution in [2.24, 2.45) is 0 Å². The van der Waals surface area contributed by atoms with Crippen LogP contribution in [0.5, 0.6) is 0 Å². The summed E-state index contributed by atoms with van der Waals surface area (Å²) in [7, 11) is 0. The minimum Gasteiger partial charge on any atom is -0.328 e. The van der Waals surface area contributed by atoms with Gasteiger partial charge in [0.1, 0.15) is 5.82 Å². The van der Waals surface area contributed by atoms with Gasteiger partial charge < -0.3 is 4.90 Å². The maximum atomic E-state index is 14.0. The minimum absolute atomic E-state index is 0.0840. The van der Waals surface area contributed by atoms with E-state index in [1.165, 1.54) is 5.56 Å². The summed E-state index contributed by atoms with van der Waals surface area (Å²) < 4.78 is 1.67. The van der Waals surface area contributed by atoms with Gasteiger partial charge in [0.2, 0.25) is 0 Å². The van der Waals surface area contributed by atoms with Crippen LogP contribution in [0.4, 0.5) is 0 Å². The van der Waals surface area contributed by atoms with E-state index in [1.807, 2.05) is 104 Å². The molecule has 0 fully saturated rings. The molecule has 196 valence electrons. The Hall–Kier alpha value is -4.51. The van der Waals surface area contributed by atoms with Crippen molar-refractivity contribution < 1.29 is 4.79 Å². The lowest BCUT2D eigenvalue weighted by atomic mass is 10.1. The lowest BCUT2D eigenvalue weighted by molar-refractivity contribution is 0.0683. The summed E-state index contributed by atoms with van der Waals surface area (Å²) in [5.41, 5.74) is 5.21. The van der Waals surface area contributed by atoms with Gasteiger partial charge in [-0.25, -0.2) is 4.98 Å². The lowest BCUT2D eigenvalue weighted by Gasteiger charge is -2.31. The summed E-state index contributed by atoms with van der Waals surface area (Å²) >= 11 is 0. The molecule has 5 nitrogen and oxygen atoms in total. The Kier molecular flexibility index (Phi) is 7.69. The van der Waals surface area contributed by atoms with Crippen LogP contribution in [0.15, 0.2) is 108 Å². The highest BCUT2D eigenvalue weighted by molar-refractivity contribution is 5.94. The van der Waals surface area contributed by atoms with Gasteiger partial charge in [-0.05, 0) is 79.8 Å². The van der Waals surface area contributed by atoms with Gasteiger partial charge in [-0.2, -0.15) is 0 Å². The number of nitrogens with zero attached hydrogens (tertiary/aromatic N) is 3. The first-order valence-electron chi connectivity index (χ1n) is 13.5. The SMILES string of the molecule is CCc1ccc(C(=O)N(CCc2ccccc2)C(C)c2nc3ccccc3c(=O)n2-c2cccc(C)c2)cc1. The van der Waals surface area contributed by atoms with Crippen molar-refractivity contribution in [3.05, 3.63) is 142 Å². The number of rotatable bonds is 8. The summed E-state index contributed by atoms with van der Waals surface area (Å²) in [4.78, 5) is 34.8. The molecule has 1 heterocycles. The van der Waals surface area contributed by atoms with E-state index in [1.54, 1.807) is 10.6 Å². The second-order valence-electron chi connectivity index (χ2n) is 9.93. The molecule has 0 spiro atoms. The third kappa shape index (κ3) is 5.53. The summed E-state index contributed by atoms with van der Waals surface area (Å²) in [5.74, 6) is 0.454. The van der Waals surface area contributed by atoms with Crippen LogP contribution in [0.1, 0.15) is 52.8 Å². The fourth-order valence-corrected chi connectivity index (χ4v) is 5.00. The van der Waals surface area contributed by atoms with E-state index in [0.29, 0.717) is 35.3 Å². The smallest absolute Gasteiger partial charge is 0.266 e. The van der Waals surface area contributed by atoms with E-state index >= 15 is 0 Å².